The molecule has 184 valence electrons. The number of benzene rings is 3. The number of alkyl halides is 3. The van der Waals surface area contributed by atoms with Crippen molar-refractivity contribution in [3.05, 3.63) is 77.9 Å². The van der Waals surface area contributed by atoms with Gasteiger partial charge in [-0.25, -0.2) is 0 Å². The lowest BCUT2D eigenvalue weighted by Gasteiger charge is -2.16. The molecule has 3 aromatic rings. The standard InChI is InChI=1S/C26H26F3N3O2S/c1-30-35-21-10-8-20(9-11-21)34-24-12-7-19(26(27,28)29)15-22(24)18-5-2-4-17(14-18)16-32-25(33)23-6-3-13-31-23/h2,4-5,7-12,14-15,23,30-31H,3,6,13,16H2,1H3,(H,32,33). The summed E-state index contributed by atoms with van der Waals surface area (Å²) in [6.45, 7) is 1.10. The first-order chi connectivity index (χ1) is 16.8. The van der Waals surface area contributed by atoms with E-state index in [0.717, 1.165) is 42.0 Å². The highest BCUT2D eigenvalue weighted by Crippen LogP contribution is 2.39. The third-order valence-electron chi connectivity index (χ3n) is 5.66. The Morgan fingerprint density at radius 2 is 1.91 bits per heavy atom. The first-order valence-electron chi connectivity index (χ1n) is 11.3. The van der Waals surface area contributed by atoms with E-state index in [0.29, 0.717) is 22.6 Å². The molecule has 0 aromatic heterocycles. The zero-order valence-electron chi connectivity index (χ0n) is 19.1. The summed E-state index contributed by atoms with van der Waals surface area (Å²) in [5, 5.41) is 6.06. The maximum Gasteiger partial charge on any atom is 0.416 e. The highest BCUT2D eigenvalue weighted by atomic mass is 32.2. The zero-order chi connectivity index (χ0) is 24.8. The zero-order valence-corrected chi connectivity index (χ0v) is 19.9. The molecule has 1 saturated heterocycles. The Kier molecular flexibility index (Phi) is 8.00. The van der Waals surface area contributed by atoms with Gasteiger partial charge in [0.05, 0.1) is 11.6 Å². The molecule has 0 aliphatic carbocycles. The fourth-order valence-corrected chi connectivity index (χ4v) is 4.42. The first-order valence-corrected chi connectivity index (χ1v) is 12.1. The summed E-state index contributed by atoms with van der Waals surface area (Å²) in [5.41, 5.74) is 0.913. The van der Waals surface area contributed by atoms with Crippen LogP contribution >= 0.6 is 11.9 Å². The van der Waals surface area contributed by atoms with Gasteiger partial charge in [0.2, 0.25) is 5.91 Å². The third-order valence-corrected chi connectivity index (χ3v) is 6.37. The number of rotatable bonds is 8. The highest BCUT2D eigenvalue weighted by molar-refractivity contribution is 7.97. The van der Waals surface area contributed by atoms with Crippen molar-refractivity contribution in [3.8, 4) is 22.6 Å². The molecule has 1 heterocycles. The monoisotopic (exact) mass is 501 g/mol. The fourth-order valence-electron chi connectivity index (χ4n) is 3.91. The molecule has 1 atom stereocenters. The second-order valence-corrected chi connectivity index (χ2v) is 9.24. The topological polar surface area (TPSA) is 62.4 Å². The predicted octanol–water partition coefficient (Wildman–Crippen LogP) is 5.76. The van der Waals surface area contributed by atoms with E-state index < -0.39 is 11.7 Å². The van der Waals surface area contributed by atoms with Crippen molar-refractivity contribution in [2.24, 2.45) is 0 Å². The average Bonchev–Trinajstić information content (AvgIpc) is 3.39. The van der Waals surface area contributed by atoms with Crippen LogP contribution in [0.15, 0.2) is 71.6 Å². The van der Waals surface area contributed by atoms with Crippen LogP contribution in [-0.4, -0.2) is 25.5 Å². The summed E-state index contributed by atoms with van der Waals surface area (Å²) in [6, 6.07) is 17.6. The third kappa shape index (κ3) is 6.56. The first kappa shape index (κ1) is 25.1. The Labute approximate surface area is 206 Å². The largest absolute Gasteiger partial charge is 0.457 e. The second-order valence-electron chi connectivity index (χ2n) is 8.16. The molecule has 4 rings (SSSR count). The molecule has 0 spiro atoms. The molecule has 5 nitrogen and oxygen atoms in total. The van der Waals surface area contributed by atoms with Gasteiger partial charge in [-0.15, -0.1) is 0 Å². The van der Waals surface area contributed by atoms with Crippen LogP contribution in [0.5, 0.6) is 11.5 Å². The van der Waals surface area contributed by atoms with E-state index in [1.54, 1.807) is 30.3 Å². The van der Waals surface area contributed by atoms with Gasteiger partial charge in [0.1, 0.15) is 11.5 Å². The molecular weight excluding hydrogens is 475 g/mol. The van der Waals surface area contributed by atoms with Crippen molar-refractivity contribution in [3.63, 3.8) is 0 Å². The van der Waals surface area contributed by atoms with E-state index in [4.69, 9.17) is 4.74 Å². The van der Waals surface area contributed by atoms with Crippen LogP contribution in [0.3, 0.4) is 0 Å². The molecule has 1 amide bonds. The maximum atomic E-state index is 13.5. The van der Waals surface area contributed by atoms with Gasteiger partial charge in [-0.1, -0.05) is 18.2 Å². The molecular formula is C26H26F3N3O2S. The molecule has 35 heavy (non-hydrogen) atoms. The summed E-state index contributed by atoms with van der Waals surface area (Å²) in [5.74, 6) is 0.748. The lowest BCUT2D eigenvalue weighted by molar-refractivity contribution is -0.137. The molecule has 9 heteroatoms. The molecule has 1 aliphatic heterocycles. The van der Waals surface area contributed by atoms with Gasteiger partial charge < -0.3 is 15.4 Å². The number of ether oxygens (including phenoxy) is 1. The van der Waals surface area contributed by atoms with Crippen LogP contribution in [-0.2, 0) is 17.5 Å². The van der Waals surface area contributed by atoms with Gasteiger partial charge in [-0.2, -0.15) is 13.2 Å². The Morgan fingerprint density at radius 3 is 2.60 bits per heavy atom. The van der Waals surface area contributed by atoms with Crippen molar-refractivity contribution in [2.45, 2.75) is 36.5 Å². The lowest BCUT2D eigenvalue weighted by atomic mass is 9.99. The van der Waals surface area contributed by atoms with Gasteiger partial charge in [-0.3, -0.25) is 9.52 Å². The molecule has 0 bridgehead atoms. The average molecular weight is 502 g/mol. The van der Waals surface area contributed by atoms with Crippen LogP contribution in [0.2, 0.25) is 0 Å². The van der Waals surface area contributed by atoms with Gasteiger partial charge in [0.15, 0.2) is 0 Å². The van der Waals surface area contributed by atoms with Crippen LogP contribution in [0, 0.1) is 0 Å². The number of amides is 1. The Hall–Kier alpha value is -3.01. The normalized spacial score (nSPS) is 15.7. The second kappa shape index (κ2) is 11.2. The van der Waals surface area contributed by atoms with E-state index >= 15 is 0 Å². The lowest BCUT2D eigenvalue weighted by Crippen LogP contribution is -2.39. The number of hydrogen-bond acceptors (Lipinski definition) is 5. The minimum absolute atomic E-state index is 0.0733. The fraction of sp³-hybridized carbons (Fsp3) is 0.269. The number of hydrogen-bond donors (Lipinski definition) is 3. The van der Waals surface area contributed by atoms with E-state index in [-0.39, 0.29) is 18.5 Å². The maximum absolute atomic E-state index is 13.5. The summed E-state index contributed by atoms with van der Waals surface area (Å²) in [4.78, 5) is 13.3. The molecule has 0 saturated carbocycles. The van der Waals surface area contributed by atoms with Gasteiger partial charge in [0, 0.05) is 17.0 Å². The molecule has 0 radical (unpaired) electrons. The highest BCUT2D eigenvalue weighted by Gasteiger charge is 2.31. The van der Waals surface area contributed by atoms with E-state index in [1.807, 2.05) is 25.2 Å². The number of carbonyl (C=O) groups is 1. The molecule has 3 N–H and O–H groups in total. The van der Waals surface area contributed by atoms with Crippen LogP contribution in [0.1, 0.15) is 24.0 Å². The Morgan fingerprint density at radius 1 is 1.11 bits per heavy atom. The van der Waals surface area contributed by atoms with Gasteiger partial charge in [-0.05, 0) is 98.0 Å². The van der Waals surface area contributed by atoms with Crippen molar-refractivity contribution in [1.82, 2.24) is 15.4 Å². The quantitative estimate of drug-likeness (QED) is 0.343. The molecule has 3 aromatic carbocycles. The molecule has 1 fully saturated rings. The minimum Gasteiger partial charge on any atom is -0.457 e. The SMILES string of the molecule is CNSc1ccc(Oc2ccc(C(F)(F)F)cc2-c2cccc(CNC(=O)C3CCCN3)c2)cc1. The van der Waals surface area contributed by atoms with Crippen molar-refractivity contribution in [2.75, 3.05) is 13.6 Å². The van der Waals surface area contributed by atoms with Crippen LogP contribution in [0.4, 0.5) is 13.2 Å². The van der Waals surface area contributed by atoms with Crippen molar-refractivity contribution < 1.29 is 22.7 Å². The smallest absolute Gasteiger partial charge is 0.416 e. The van der Waals surface area contributed by atoms with Crippen molar-refractivity contribution >= 4 is 17.9 Å². The van der Waals surface area contributed by atoms with Gasteiger partial charge >= 0.3 is 6.18 Å². The van der Waals surface area contributed by atoms with Crippen LogP contribution < -0.4 is 20.1 Å². The number of nitrogens with one attached hydrogen (secondary N) is 3. The van der Waals surface area contributed by atoms with E-state index in [2.05, 4.69) is 15.4 Å². The molecule has 1 unspecified atom stereocenters. The Bertz CT molecular complexity index is 1160. The summed E-state index contributed by atoms with van der Waals surface area (Å²) < 4.78 is 49.5. The predicted molar refractivity (Wildman–Crippen MR) is 131 cm³/mol. The van der Waals surface area contributed by atoms with E-state index in [1.165, 1.54) is 18.0 Å². The van der Waals surface area contributed by atoms with Crippen molar-refractivity contribution in [1.29, 1.82) is 0 Å². The molecule has 1 aliphatic rings. The summed E-state index contributed by atoms with van der Waals surface area (Å²) in [6.07, 6.45) is -2.73. The minimum atomic E-state index is -4.49. The van der Waals surface area contributed by atoms with Crippen LogP contribution in [0.25, 0.3) is 11.1 Å². The number of carbonyl (C=O) groups excluding carboxylic acids is 1. The van der Waals surface area contributed by atoms with Gasteiger partial charge in [0.25, 0.3) is 0 Å². The summed E-state index contributed by atoms with van der Waals surface area (Å²) in [7, 11) is 1.81. The summed E-state index contributed by atoms with van der Waals surface area (Å²) >= 11 is 1.45. The Balaban J connectivity index is 1.60. The van der Waals surface area contributed by atoms with E-state index in [9.17, 15) is 18.0 Å². The number of halogens is 3.